The van der Waals surface area contributed by atoms with E-state index >= 15 is 0 Å². The van der Waals surface area contributed by atoms with Crippen LogP contribution in [-0.2, 0) is 17.8 Å². The molecule has 170 valence electrons. The molecule has 33 heavy (non-hydrogen) atoms. The van der Waals surface area contributed by atoms with Gasteiger partial charge in [0.2, 0.25) is 5.91 Å². The first-order chi connectivity index (χ1) is 16.1. The highest BCUT2D eigenvalue weighted by molar-refractivity contribution is 5.83. The van der Waals surface area contributed by atoms with Gasteiger partial charge in [-0.05, 0) is 73.7 Å². The van der Waals surface area contributed by atoms with Crippen molar-refractivity contribution in [3.8, 4) is 11.1 Å². The zero-order chi connectivity index (χ0) is 23.1. The topological polar surface area (TPSA) is 58.1 Å². The number of carbonyl (C=O) groups excluding carboxylic acids is 1. The Morgan fingerprint density at radius 3 is 2.76 bits per heavy atom. The van der Waals surface area contributed by atoms with Crippen LogP contribution in [0.15, 0.2) is 79.6 Å². The molecule has 1 unspecified atom stereocenters. The van der Waals surface area contributed by atoms with E-state index in [0.717, 1.165) is 48.4 Å². The third-order valence-corrected chi connectivity index (χ3v) is 6.36. The van der Waals surface area contributed by atoms with Crippen LogP contribution in [0, 0.1) is 12.3 Å². The Morgan fingerprint density at radius 2 is 1.97 bits per heavy atom. The lowest BCUT2D eigenvalue weighted by atomic mass is 9.74. The molecule has 1 amide bonds. The van der Waals surface area contributed by atoms with Crippen LogP contribution in [-0.4, -0.2) is 40.4 Å². The molecule has 1 aromatic carbocycles. The van der Waals surface area contributed by atoms with Crippen molar-refractivity contribution in [2.45, 2.75) is 32.7 Å². The smallest absolute Gasteiger partial charge is 0.228 e. The number of pyridine rings is 2. The number of likely N-dealkylation sites (tertiary alicyclic amines) is 1. The lowest BCUT2D eigenvalue weighted by Gasteiger charge is -2.42. The first-order valence-corrected chi connectivity index (χ1v) is 11.6. The predicted octanol–water partition coefficient (Wildman–Crippen LogP) is 4.58. The number of amides is 1. The van der Waals surface area contributed by atoms with E-state index in [4.69, 9.17) is 0 Å². The molecule has 5 heteroatoms. The number of aromatic nitrogens is 2. The van der Waals surface area contributed by atoms with Crippen molar-refractivity contribution in [2.75, 3.05) is 19.6 Å². The van der Waals surface area contributed by atoms with Crippen LogP contribution in [0.25, 0.3) is 11.1 Å². The molecule has 1 aliphatic rings. The highest BCUT2D eigenvalue weighted by atomic mass is 16.2. The number of rotatable bonds is 8. The Kier molecular flexibility index (Phi) is 7.30. The van der Waals surface area contributed by atoms with Gasteiger partial charge in [0.15, 0.2) is 0 Å². The molecule has 1 fully saturated rings. The van der Waals surface area contributed by atoms with Gasteiger partial charge in [0.1, 0.15) is 0 Å². The summed E-state index contributed by atoms with van der Waals surface area (Å²) in [5.74, 6) is 0.110. The summed E-state index contributed by atoms with van der Waals surface area (Å²) in [6.07, 6.45) is 7.92. The number of piperidine rings is 1. The normalized spacial score (nSPS) is 18.6. The first kappa shape index (κ1) is 22.9. The average molecular weight is 441 g/mol. The second-order valence-corrected chi connectivity index (χ2v) is 8.98. The van der Waals surface area contributed by atoms with Gasteiger partial charge in [-0.1, -0.05) is 36.4 Å². The second kappa shape index (κ2) is 10.5. The molecule has 0 radical (unpaired) electrons. The third kappa shape index (κ3) is 5.74. The molecule has 0 saturated carbocycles. The number of hydrogen-bond donors (Lipinski definition) is 1. The summed E-state index contributed by atoms with van der Waals surface area (Å²) >= 11 is 0. The van der Waals surface area contributed by atoms with Gasteiger partial charge in [-0.2, -0.15) is 0 Å². The van der Waals surface area contributed by atoms with E-state index < -0.39 is 5.41 Å². The van der Waals surface area contributed by atoms with Crippen molar-refractivity contribution in [1.82, 2.24) is 20.2 Å². The summed E-state index contributed by atoms with van der Waals surface area (Å²) in [6.45, 7) is 8.72. The minimum Gasteiger partial charge on any atom is -0.352 e. The van der Waals surface area contributed by atoms with E-state index in [9.17, 15) is 4.79 Å². The predicted molar refractivity (Wildman–Crippen MR) is 133 cm³/mol. The zero-order valence-electron chi connectivity index (χ0n) is 19.3. The Labute approximate surface area is 196 Å². The molecule has 1 N–H and O–H groups in total. The SMILES string of the molecule is C=CCNC(=O)C1(Cc2cccc(-c3ccncc3)c2)CCCN(Cc2cccc(C)n2)C1. The van der Waals surface area contributed by atoms with Crippen LogP contribution in [0.4, 0.5) is 0 Å². The summed E-state index contributed by atoms with van der Waals surface area (Å²) in [4.78, 5) is 24.7. The van der Waals surface area contributed by atoms with Crippen LogP contribution >= 0.6 is 0 Å². The highest BCUT2D eigenvalue weighted by Gasteiger charge is 2.42. The van der Waals surface area contributed by atoms with Crippen LogP contribution in [0.5, 0.6) is 0 Å². The Balaban J connectivity index is 1.59. The van der Waals surface area contributed by atoms with Gasteiger partial charge in [0.25, 0.3) is 0 Å². The summed E-state index contributed by atoms with van der Waals surface area (Å²) in [6, 6.07) is 18.7. The van der Waals surface area contributed by atoms with Crippen LogP contribution in [0.2, 0.25) is 0 Å². The fourth-order valence-corrected chi connectivity index (χ4v) is 4.84. The monoisotopic (exact) mass is 440 g/mol. The number of benzene rings is 1. The van der Waals surface area contributed by atoms with E-state index in [0.29, 0.717) is 19.5 Å². The maximum absolute atomic E-state index is 13.5. The number of nitrogens with zero attached hydrogens (tertiary/aromatic N) is 3. The number of aryl methyl sites for hydroxylation is 1. The molecule has 3 aromatic rings. The summed E-state index contributed by atoms with van der Waals surface area (Å²) in [5.41, 5.74) is 5.04. The van der Waals surface area contributed by atoms with Gasteiger partial charge in [0, 0.05) is 37.7 Å². The molecule has 5 nitrogen and oxygen atoms in total. The second-order valence-electron chi connectivity index (χ2n) is 8.98. The molecule has 3 heterocycles. The highest BCUT2D eigenvalue weighted by Crippen LogP contribution is 2.35. The van der Waals surface area contributed by atoms with Gasteiger partial charge in [-0.15, -0.1) is 6.58 Å². The van der Waals surface area contributed by atoms with Gasteiger partial charge in [0.05, 0.1) is 11.1 Å². The largest absolute Gasteiger partial charge is 0.352 e. The summed E-state index contributed by atoms with van der Waals surface area (Å²) < 4.78 is 0. The lowest BCUT2D eigenvalue weighted by Crippen LogP contribution is -2.53. The van der Waals surface area contributed by atoms with E-state index in [1.807, 2.05) is 37.5 Å². The minimum absolute atomic E-state index is 0.110. The summed E-state index contributed by atoms with van der Waals surface area (Å²) in [7, 11) is 0. The standard InChI is InChI=1S/C28H32N4O/c1-3-14-30-27(33)28(13-6-17-32(21-28)20-26-10-4-7-22(2)31-26)19-23-8-5-9-25(18-23)24-11-15-29-16-12-24/h3-5,7-12,15-16,18H,1,6,13-14,17,19-21H2,2H3,(H,30,33). The summed E-state index contributed by atoms with van der Waals surface area (Å²) in [5, 5.41) is 3.10. The number of carbonyl (C=O) groups is 1. The van der Waals surface area contributed by atoms with Gasteiger partial charge in [-0.3, -0.25) is 19.7 Å². The fraction of sp³-hybridized carbons (Fsp3) is 0.321. The lowest BCUT2D eigenvalue weighted by molar-refractivity contribution is -0.134. The fourth-order valence-electron chi connectivity index (χ4n) is 4.84. The van der Waals surface area contributed by atoms with E-state index in [2.05, 4.69) is 63.2 Å². The molecule has 1 saturated heterocycles. The molecule has 0 spiro atoms. The van der Waals surface area contributed by atoms with Crippen molar-refractivity contribution in [2.24, 2.45) is 5.41 Å². The number of hydrogen-bond acceptors (Lipinski definition) is 4. The van der Waals surface area contributed by atoms with Gasteiger partial charge < -0.3 is 5.32 Å². The van der Waals surface area contributed by atoms with E-state index in [-0.39, 0.29) is 5.91 Å². The quantitative estimate of drug-likeness (QED) is 0.521. The van der Waals surface area contributed by atoms with Crippen LogP contribution in [0.3, 0.4) is 0 Å². The van der Waals surface area contributed by atoms with Crippen molar-refractivity contribution in [3.05, 3.63) is 96.6 Å². The maximum Gasteiger partial charge on any atom is 0.228 e. The van der Waals surface area contributed by atoms with Gasteiger partial charge >= 0.3 is 0 Å². The van der Waals surface area contributed by atoms with Crippen LogP contribution < -0.4 is 5.32 Å². The molecule has 1 atom stereocenters. The maximum atomic E-state index is 13.5. The Morgan fingerprint density at radius 1 is 1.15 bits per heavy atom. The Hall–Kier alpha value is -3.31. The molecule has 0 bridgehead atoms. The molecule has 4 rings (SSSR count). The van der Waals surface area contributed by atoms with E-state index in [1.165, 1.54) is 5.56 Å². The zero-order valence-corrected chi connectivity index (χ0v) is 19.3. The van der Waals surface area contributed by atoms with Gasteiger partial charge in [-0.25, -0.2) is 0 Å². The molecule has 1 aliphatic heterocycles. The first-order valence-electron chi connectivity index (χ1n) is 11.6. The minimum atomic E-state index is -0.484. The van der Waals surface area contributed by atoms with Crippen molar-refractivity contribution < 1.29 is 4.79 Å². The molecule has 0 aliphatic carbocycles. The Bertz CT molecular complexity index is 1100. The average Bonchev–Trinajstić information content (AvgIpc) is 2.83. The third-order valence-electron chi connectivity index (χ3n) is 6.36. The van der Waals surface area contributed by atoms with E-state index in [1.54, 1.807) is 6.08 Å². The molecule has 2 aromatic heterocycles. The molecular formula is C28H32N4O. The van der Waals surface area contributed by atoms with Crippen LogP contribution in [0.1, 0.15) is 29.8 Å². The van der Waals surface area contributed by atoms with Crippen molar-refractivity contribution >= 4 is 5.91 Å². The van der Waals surface area contributed by atoms with Crippen molar-refractivity contribution in [3.63, 3.8) is 0 Å². The van der Waals surface area contributed by atoms with Crippen molar-refractivity contribution in [1.29, 1.82) is 0 Å². The molecular weight excluding hydrogens is 408 g/mol. The number of nitrogens with one attached hydrogen (secondary N) is 1.